The molecule has 110 valence electrons. The molecule has 0 aromatic heterocycles. The van der Waals surface area contributed by atoms with Crippen LogP contribution in [0.1, 0.15) is 50.8 Å². The van der Waals surface area contributed by atoms with E-state index >= 15 is 0 Å². The molecule has 0 radical (unpaired) electrons. The molecule has 1 aliphatic heterocycles. The Morgan fingerprint density at radius 1 is 1.50 bits per heavy atom. The summed E-state index contributed by atoms with van der Waals surface area (Å²) >= 11 is 0. The number of ether oxygens (including phenoxy) is 2. The van der Waals surface area contributed by atoms with E-state index in [-0.39, 0.29) is 17.4 Å². The van der Waals surface area contributed by atoms with Gasteiger partial charge in [0.2, 0.25) is 0 Å². The third-order valence-electron chi connectivity index (χ3n) is 3.71. The standard InChI is InChI=1S/C16H23NO3/c1-4-19-15(18)8-6-13(17)11-5-7-14-12(9-11)16(2,3)10-20-14/h5,7,9,13H,4,6,8,10,17H2,1-3H3. The quantitative estimate of drug-likeness (QED) is 0.841. The van der Waals surface area contributed by atoms with Crippen LogP contribution in [0.5, 0.6) is 5.75 Å². The van der Waals surface area contributed by atoms with Gasteiger partial charge in [0.1, 0.15) is 5.75 Å². The Morgan fingerprint density at radius 3 is 2.95 bits per heavy atom. The summed E-state index contributed by atoms with van der Waals surface area (Å²) < 4.78 is 10.6. The molecule has 1 atom stereocenters. The van der Waals surface area contributed by atoms with Gasteiger partial charge in [-0.2, -0.15) is 0 Å². The van der Waals surface area contributed by atoms with Crippen LogP contribution in [-0.2, 0) is 14.9 Å². The summed E-state index contributed by atoms with van der Waals surface area (Å²) in [5.74, 6) is 0.754. The Hall–Kier alpha value is -1.55. The Kier molecular flexibility index (Phi) is 4.33. The Morgan fingerprint density at radius 2 is 2.25 bits per heavy atom. The first-order chi connectivity index (χ1) is 9.44. The molecule has 0 spiro atoms. The molecule has 2 rings (SSSR count). The van der Waals surface area contributed by atoms with Crippen molar-refractivity contribution in [1.82, 2.24) is 0 Å². The number of nitrogens with two attached hydrogens (primary N) is 1. The molecular formula is C16H23NO3. The van der Waals surface area contributed by atoms with Crippen molar-refractivity contribution in [3.05, 3.63) is 29.3 Å². The van der Waals surface area contributed by atoms with Crippen molar-refractivity contribution in [2.45, 2.75) is 45.1 Å². The van der Waals surface area contributed by atoms with Gasteiger partial charge in [0.25, 0.3) is 0 Å². The van der Waals surface area contributed by atoms with E-state index in [1.54, 1.807) is 6.92 Å². The van der Waals surface area contributed by atoms with Crippen molar-refractivity contribution in [2.24, 2.45) is 5.73 Å². The van der Waals surface area contributed by atoms with Crippen LogP contribution in [-0.4, -0.2) is 19.2 Å². The molecule has 0 saturated carbocycles. The Bertz CT molecular complexity index is 496. The predicted octanol–water partition coefficient (Wildman–Crippen LogP) is 2.70. The molecular weight excluding hydrogens is 254 g/mol. The number of rotatable bonds is 5. The molecule has 0 bridgehead atoms. The van der Waals surface area contributed by atoms with Gasteiger partial charge in [-0.3, -0.25) is 4.79 Å². The molecule has 1 aliphatic rings. The van der Waals surface area contributed by atoms with Gasteiger partial charge in [-0.05, 0) is 31.0 Å². The zero-order valence-corrected chi connectivity index (χ0v) is 12.4. The fraction of sp³-hybridized carbons (Fsp3) is 0.562. The van der Waals surface area contributed by atoms with Gasteiger partial charge in [0.05, 0.1) is 13.2 Å². The van der Waals surface area contributed by atoms with Crippen LogP contribution in [0.3, 0.4) is 0 Å². The van der Waals surface area contributed by atoms with Crippen LogP contribution in [0.15, 0.2) is 18.2 Å². The maximum atomic E-state index is 11.4. The lowest BCUT2D eigenvalue weighted by Gasteiger charge is -2.18. The Balaban J connectivity index is 2.05. The number of esters is 1. The van der Waals surface area contributed by atoms with Crippen molar-refractivity contribution < 1.29 is 14.3 Å². The summed E-state index contributed by atoms with van der Waals surface area (Å²) in [6.07, 6.45) is 0.949. The minimum absolute atomic E-state index is 0.0200. The zero-order valence-electron chi connectivity index (χ0n) is 12.4. The fourth-order valence-corrected chi connectivity index (χ4v) is 2.44. The van der Waals surface area contributed by atoms with Crippen LogP contribution in [0.4, 0.5) is 0 Å². The van der Waals surface area contributed by atoms with E-state index in [1.807, 2.05) is 12.1 Å². The predicted molar refractivity (Wildman–Crippen MR) is 77.8 cm³/mol. The molecule has 20 heavy (non-hydrogen) atoms. The van der Waals surface area contributed by atoms with Crippen molar-refractivity contribution in [3.8, 4) is 5.75 Å². The fourth-order valence-electron chi connectivity index (χ4n) is 2.44. The van der Waals surface area contributed by atoms with E-state index in [1.165, 1.54) is 5.56 Å². The van der Waals surface area contributed by atoms with Crippen LogP contribution >= 0.6 is 0 Å². The summed E-state index contributed by atoms with van der Waals surface area (Å²) in [5, 5.41) is 0. The molecule has 0 amide bonds. The first kappa shape index (κ1) is 14.9. The summed E-state index contributed by atoms with van der Waals surface area (Å²) in [4.78, 5) is 11.4. The van der Waals surface area contributed by atoms with Gasteiger partial charge in [0.15, 0.2) is 0 Å². The van der Waals surface area contributed by atoms with Crippen molar-refractivity contribution >= 4 is 5.97 Å². The second-order valence-electron chi connectivity index (χ2n) is 5.88. The number of carbonyl (C=O) groups excluding carboxylic acids is 1. The number of hydrogen-bond acceptors (Lipinski definition) is 4. The highest BCUT2D eigenvalue weighted by molar-refractivity contribution is 5.69. The highest BCUT2D eigenvalue weighted by atomic mass is 16.5. The maximum Gasteiger partial charge on any atom is 0.305 e. The van der Waals surface area contributed by atoms with E-state index in [0.717, 1.165) is 11.3 Å². The monoisotopic (exact) mass is 277 g/mol. The summed E-state index contributed by atoms with van der Waals surface area (Å²) in [5.41, 5.74) is 8.44. The molecule has 4 nitrogen and oxygen atoms in total. The van der Waals surface area contributed by atoms with E-state index in [9.17, 15) is 4.79 Å². The average molecular weight is 277 g/mol. The van der Waals surface area contributed by atoms with Crippen molar-refractivity contribution in [3.63, 3.8) is 0 Å². The lowest BCUT2D eigenvalue weighted by atomic mass is 9.85. The van der Waals surface area contributed by atoms with Gasteiger partial charge in [0, 0.05) is 23.4 Å². The minimum Gasteiger partial charge on any atom is -0.492 e. The molecule has 1 aromatic rings. The van der Waals surface area contributed by atoms with Gasteiger partial charge >= 0.3 is 5.97 Å². The van der Waals surface area contributed by atoms with Gasteiger partial charge in [-0.15, -0.1) is 0 Å². The van der Waals surface area contributed by atoms with E-state index in [0.29, 0.717) is 26.1 Å². The molecule has 4 heteroatoms. The minimum atomic E-state index is -0.187. The van der Waals surface area contributed by atoms with Crippen molar-refractivity contribution in [1.29, 1.82) is 0 Å². The first-order valence-corrected chi connectivity index (χ1v) is 7.12. The normalized spacial score (nSPS) is 17.2. The van der Waals surface area contributed by atoms with E-state index in [2.05, 4.69) is 19.9 Å². The number of hydrogen-bond donors (Lipinski definition) is 1. The van der Waals surface area contributed by atoms with E-state index in [4.69, 9.17) is 15.2 Å². The van der Waals surface area contributed by atoms with Crippen LogP contribution in [0.25, 0.3) is 0 Å². The lowest BCUT2D eigenvalue weighted by Crippen LogP contribution is -2.19. The zero-order chi connectivity index (χ0) is 14.8. The van der Waals surface area contributed by atoms with Gasteiger partial charge in [-0.1, -0.05) is 19.9 Å². The van der Waals surface area contributed by atoms with Crippen LogP contribution in [0.2, 0.25) is 0 Å². The van der Waals surface area contributed by atoms with Gasteiger partial charge < -0.3 is 15.2 Å². The molecule has 0 fully saturated rings. The van der Waals surface area contributed by atoms with Gasteiger partial charge in [-0.25, -0.2) is 0 Å². The summed E-state index contributed by atoms with van der Waals surface area (Å²) in [7, 11) is 0. The second kappa shape index (κ2) is 5.83. The summed E-state index contributed by atoms with van der Waals surface area (Å²) in [6.45, 7) is 7.24. The molecule has 1 unspecified atom stereocenters. The van der Waals surface area contributed by atoms with Crippen molar-refractivity contribution in [2.75, 3.05) is 13.2 Å². The average Bonchev–Trinajstić information content (AvgIpc) is 2.72. The maximum absolute atomic E-state index is 11.4. The van der Waals surface area contributed by atoms with Crippen LogP contribution in [0, 0.1) is 0 Å². The second-order valence-corrected chi connectivity index (χ2v) is 5.88. The molecule has 0 aliphatic carbocycles. The largest absolute Gasteiger partial charge is 0.492 e. The molecule has 2 N–H and O–H groups in total. The SMILES string of the molecule is CCOC(=O)CCC(N)c1ccc2c(c1)C(C)(C)CO2. The number of fused-ring (bicyclic) bond motifs is 1. The lowest BCUT2D eigenvalue weighted by molar-refractivity contribution is -0.143. The number of benzene rings is 1. The smallest absolute Gasteiger partial charge is 0.305 e. The first-order valence-electron chi connectivity index (χ1n) is 7.12. The summed E-state index contributed by atoms with van der Waals surface area (Å²) in [6, 6.07) is 5.92. The highest BCUT2D eigenvalue weighted by Crippen LogP contribution is 2.39. The number of carbonyl (C=O) groups is 1. The highest BCUT2D eigenvalue weighted by Gasteiger charge is 2.32. The third kappa shape index (κ3) is 3.12. The molecule has 0 saturated heterocycles. The van der Waals surface area contributed by atoms with E-state index < -0.39 is 0 Å². The molecule has 1 heterocycles. The van der Waals surface area contributed by atoms with Crippen LogP contribution < -0.4 is 10.5 Å². The topological polar surface area (TPSA) is 61.5 Å². The molecule has 1 aromatic carbocycles. The third-order valence-corrected chi connectivity index (χ3v) is 3.71. The Labute approximate surface area is 120 Å².